The van der Waals surface area contributed by atoms with Crippen molar-refractivity contribution in [3.05, 3.63) is 52.3 Å². The number of hydrogen-bond donors (Lipinski definition) is 2. The van der Waals surface area contributed by atoms with E-state index in [0.29, 0.717) is 12.4 Å². The van der Waals surface area contributed by atoms with E-state index in [1.807, 2.05) is 57.2 Å². The topological polar surface area (TPSA) is 80.3 Å². The number of aliphatic hydroxyl groups is 1. The van der Waals surface area contributed by atoms with Gasteiger partial charge in [-0.05, 0) is 32.4 Å². The van der Waals surface area contributed by atoms with Gasteiger partial charge in [0.15, 0.2) is 5.82 Å². The molecule has 0 saturated carbocycles. The van der Waals surface area contributed by atoms with Crippen molar-refractivity contribution in [1.29, 1.82) is 0 Å². The van der Waals surface area contributed by atoms with Crippen molar-refractivity contribution in [2.75, 3.05) is 6.54 Å². The van der Waals surface area contributed by atoms with E-state index < -0.39 is 11.9 Å². The van der Waals surface area contributed by atoms with Crippen LogP contribution in [0.15, 0.2) is 39.6 Å². The SMILES string of the molecule is CC(C)(C)NCC(O)Cn1c(C=Cc2ccccc2)noc1=O. The molecular formula is C17H23N3O3. The fourth-order valence-corrected chi connectivity index (χ4v) is 2.00. The van der Waals surface area contributed by atoms with Gasteiger partial charge in [0.2, 0.25) is 0 Å². The lowest BCUT2D eigenvalue weighted by molar-refractivity contribution is 0.139. The van der Waals surface area contributed by atoms with E-state index in [1.54, 1.807) is 6.08 Å². The third kappa shape index (κ3) is 5.50. The number of benzene rings is 1. The molecule has 1 aromatic heterocycles. The molecule has 0 aliphatic carbocycles. The number of hydrogen-bond acceptors (Lipinski definition) is 5. The summed E-state index contributed by atoms with van der Waals surface area (Å²) < 4.78 is 6.03. The van der Waals surface area contributed by atoms with Gasteiger partial charge in [-0.15, -0.1) is 0 Å². The van der Waals surface area contributed by atoms with Crippen LogP contribution in [-0.2, 0) is 6.54 Å². The van der Waals surface area contributed by atoms with Gasteiger partial charge in [-0.1, -0.05) is 41.6 Å². The van der Waals surface area contributed by atoms with Gasteiger partial charge in [-0.2, -0.15) is 0 Å². The van der Waals surface area contributed by atoms with Crippen molar-refractivity contribution >= 4 is 12.2 Å². The van der Waals surface area contributed by atoms with Crippen molar-refractivity contribution in [3.8, 4) is 0 Å². The zero-order valence-electron chi connectivity index (χ0n) is 13.7. The standard InChI is InChI=1S/C17H23N3O3/c1-17(2,3)18-11-14(21)12-20-15(19-23-16(20)22)10-9-13-7-5-4-6-8-13/h4-10,14,18,21H,11-12H2,1-3H3. The molecular weight excluding hydrogens is 294 g/mol. The molecule has 0 amide bonds. The molecule has 0 fully saturated rings. The first-order valence-corrected chi connectivity index (χ1v) is 7.58. The van der Waals surface area contributed by atoms with Gasteiger partial charge < -0.3 is 10.4 Å². The summed E-state index contributed by atoms with van der Waals surface area (Å²) in [5, 5.41) is 17.0. The molecule has 1 atom stereocenters. The summed E-state index contributed by atoms with van der Waals surface area (Å²) in [6, 6.07) is 9.68. The lowest BCUT2D eigenvalue weighted by atomic mass is 10.1. The van der Waals surface area contributed by atoms with E-state index in [9.17, 15) is 9.90 Å². The Morgan fingerprint density at radius 3 is 2.65 bits per heavy atom. The van der Waals surface area contributed by atoms with Gasteiger partial charge in [0.25, 0.3) is 0 Å². The fraction of sp³-hybridized carbons (Fsp3) is 0.412. The molecule has 2 rings (SSSR count). The Labute approximate surface area is 135 Å². The molecule has 0 radical (unpaired) electrons. The molecule has 0 saturated heterocycles. The first-order chi connectivity index (χ1) is 10.8. The largest absolute Gasteiger partial charge is 0.441 e. The maximum atomic E-state index is 11.8. The van der Waals surface area contributed by atoms with Crippen LogP contribution in [0.5, 0.6) is 0 Å². The van der Waals surface area contributed by atoms with Gasteiger partial charge in [-0.3, -0.25) is 9.09 Å². The number of nitrogens with one attached hydrogen (secondary N) is 1. The Morgan fingerprint density at radius 2 is 2.00 bits per heavy atom. The molecule has 6 nitrogen and oxygen atoms in total. The minimum Gasteiger partial charge on any atom is -0.390 e. The highest BCUT2D eigenvalue weighted by Gasteiger charge is 2.16. The molecule has 23 heavy (non-hydrogen) atoms. The Kier molecular flexibility index (Phi) is 5.52. The molecule has 1 unspecified atom stereocenters. The highest BCUT2D eigenvalue weighted by Crippen LogP contribution is 2.06. The molecule has 1 heterocycles. The van der Waals surface area contributed by atoms with Crippen molar-refractivity contribution in [1.82, 2.24) is 15.0 Å². The first-order valence-electron chi connectivity index (χ1n) is 7.58. The van der Waals surface area contributed by atoms with Crippen LogP contribution >= 0.6 is 0 Å². The summed E-state index contributed by atoms with van der Waals surface area (Å²) >= 11 is 0. The van der Waals surface area contributed by atoms with E-state index in [1.165, 1.54) is 4.57 Å². The Balaban J connectivity index is 2.07. The van der Waals surface area contributed by atoms with E-state index in [0.717, 1.165) is 5.56 Å². The van der Waals surface area contributed by atoms with Crippen LogP contribution in [0.25, 0.3) is 12.2 Å². The van der Waals surface area contributed by atoms with Crippen LogP contribution in [0.3, 0.4) is 0 Å². The molecule has 2 aromatic rings. The molecule has 1 aromatic carbocycles. The molecule has 0 aliphatic heterocycles. The third-order valence-electron chi connectivity index (χ3n) is 3.20. The number of rotatable bonds is 6. The molecule has 0 aliphatic rings. The fourth-order valence-electron chi connectivity index (χ4n) is 2.00. The van der Waals surface area contributed by atoms with Gasteiger partial charge in [0.1, 0.15) is 0 Å². The number of β-amino-alcohol motifs (C(OH)–C–C–N with tert-alkyl or cyclic N) is 1. The second-order valence-corrected chi connectivity index (χ2v) is 6.45. The van der Waals surface area contributed by atoms with Crippen LogP contribution in [0.4, 0.5) is 0 Å². The minimum absolute atomic E-state index is 0.101. The quantitative estimate of drug-likeness (QED) is 0.848. The highest BCUT2D eigenvalue weighted by atomic mass is 16.5. The Bertz CT molecular complexity index is 696. The van der Waals surface area contributed by atoms with E-state index in [4.69, 9.17) is 4.52 Å². The molecule has 2 N–H and O–H groups in total. The molecule has 6 heteroatoms. The average Bonchev–Trinajstić information content (AvgIpc) is 2.84. The Morgan fingerprint density at radius 1 is 1.30 bits per heavy atom. The summed E-state index contributed by atoms with van der Waals surface area (Å²) in [5.74, 6) is -0.193. The van der Waals surface area contributed by atoms with Crippen LogP contribution < -0.4 is 11.1 Å². The monoisotopic (exact) mass is 317 g/mol. The second kappa shape index (κ2) is 7.39. The maximum Gasteiger partial charge on any atom is 0.441 e. The van der Waals surface area contributed by atoms with Gasteiger partial charge in [-0.25, -0.2) is 4.79 Å². The van der Waals surface area contributed by atoms with E-state index in [2.05, 4.69) is 10.5 Å². The zero-order chi connectivity index (χ0) is 16.9. The predicted molar refractivity (Wildman–Crippen MR) is 89.9 cm³/mol. The summed E-state index contributed by atoms with van der Waals surface area (Å²) in [6.45, 7) is 6.54. The number of nitrogens with zero attached hydrogens (tertiary/aromatic N) is 2. The van der Waals surface area contributed by atoms with E-state index in [-0.39, 0.29) is 12.1 Å². The summed E-state index contributed by atoms with van der Waals surface area (Å²) in [4.78, 5) is 11.8. The molecule has 124 valence electrons. The predicted octanol–water partition coefficient (Wildman–Crippen LogP) is 1.76. The highest BCUT2D eigenvalue weighted by molar-refractivity contribution is 5.66. The van der Waals surface area contributed by atoms with E-state index >= 15 is 0 Å². The number of aliphatic hydroxyl groups excluding tert-OH is 1. The van der Waals surface area contributed by atoms with Crippen LogP contribution in [0.2, 0.25) is 0 Å². The summed E-state index contributed by atoms with van der Waals surface area (Å²) in [6.07, 6.45) is 2.83. The van der Waals surface area contributed by atoms with Crippen molar-refractivity contribution in [2.24, 2.45) is 0 Å². The smallest absolute Gasteiger partial charge is 0.390 e. The van der Waals surface area contributed by atoms with Gasteiger partial charge in [0.05, 0.1) is 12.6 Å². The van der Waals surface area contributed by atoms with Crippen LogP contribution in [-0.4, -0.2) is 33.0 Å². The van der Waals surface area contributed by atoms with Crippen molar-refractivity contribution in [2.45, 2.75) is 39.0 Å². The zero-order valence-corrected chi connectivity index (χ0v) is 13.7. The lowest BCUT2D eigenvalue weighted by Crippen LogP contribution is -2.42. The number of aromatic nitrogens is 2. The summed E-state index contributed by atoms with van der Waals surface area (Å²) in [7, 11) is 0. The maximum absolute atomic E-state index is 11.8. The Hall–Kier alpha value is -2.18. The third-order valence-corrected chi connectivity index (χ3v) is 3.20. The summed E-state index contributed by atoms with van der Waals surface area (Å²) in [5.41, 5.74) is 0.890. The second-order valence-electron chi connectivity index (χ2n) is 6.45. The lowest BCUT2D eigenvalue weighted by Gasteiger charge is -2.22. The normalized spacial score (nSPS) is 13.6. The van der Waals surface area contributed by atoms with Crippen LogP contribution in [0, 0.1) is 0 Å². The average molecular weight is 317 g/mol. The van der Waals surface area contributed by atoms with Crippen molar-refractivity contribution in [3.63, 3.8) is 0 Å². The van der Waals surface area contributed by atoms with Gasteiger partial charge in [0, 0.05) is 12.1 Å². The molecule has 0 bridgehead atoms. The van der Waals surface area contributed by atoms with Gasteiger partial charge >= 0.3 is 5.76 Å². The van der Waals surface area contributed by atoms with Crippen molar-refractivity contribution < 1.29 is 9.63 Å². The minimum atomic E-state index is -0.713. The first kappa shape index (κ1) is 17.2. The molecule has 0 spiro atoms. The van der Waals surface area contributed by atoms with Crippen LogP contribution in [0.1, 0.15) is 32.2 Å².